The average molecular weight is 542 g/mol. The molecule has 8 nitrogen and oxygen atoms in total. The summed E-state index contributed by atoms with van der Waals surface area (Å²) in [6.45, 7) is 1.81. The summed E-state index contributed by atoms with van der Waals surface area (Å²) in [5, 5.41) is 0.796. The summed E-state index contributed by atoms with van der Waals surface area (Å²) in [5.41, 5.74) is 2.28. The fraction of sp³-hybridized carbons (Fsp3) is 0.357. The Bertz CT molecular complexity index is 1350. The molecule has 3 aromatic carbocycles. The van der Waals surface area contributed by atoms with Gasteiger partial charge in [0.05, 0.1) is 25.4 Å². The van der Waals surface area contributed by atoms with E-state index in [1.807, 2.05) is 47.4 Å². The van der Waals surface area contributed by atoms with Gasteiger partial charge in [0.25, 0.3) is 0 Å². The van der Waals surface area contributed by atoms with E-state index in [2.05, 4.69) is 0 Å². The highest BCUT2D eigenvalue weighted by Gasteiger charge is 2.46. The molecule has 0 radical (unpaired) electrons. The van der Waals surface area contributed by atoms with Crippen LogP contribution in [-0.4, -0.2) is 70.0 Å². The van der Waals surface area contributed by atoms with E-state index in [0.717, 1.165) is 11.1 Å². The minimum Gasteiger partial charge on any atom is -0.493 e. The van der Waals surface area contributed by atoms with E-state index in [1.165, 1.54) is 10.4 Å². The van der Waals surface area contributed by atoms with E-state index >= 15 is 0 Å². The van der Waals surface area contributed by atoms with Crippen LogP contribution in [0.1, 0.15) is 17.2 Å². The molecule has 0 unspecified atom stereocenters. The molecule has 0 aliphatic carbocycles. The number of nitrogens with zero attached hydrogens (tertiary/aromatic N) is 3. The number of hydrogen-bond acceptors (Lipinski definition) is 7. The molecule has 2 atom stereocenters. The van der Waals surface area contributed by atoms with Crippen molar-refractivity contribution in [3.63, 3.8) is 0 Å². The number of methoxy groups -OCH3 is 1. The van der Waals surface area contributed by atoms with Crippen LogP contribution in [0.4, 0.5) is 10.1 Å². The predicted molar refractivity (Wildman–Crippen MR) is 143 cm³/mol. The highest BCUT2D eigenvalue weighted by molar-refractivity contribution is 7.89. The molecule has 2 heterocycles. The molecule has 2 aliphatic rings. The number of hydroxylamine groups is 2. The number of sulfonamides is 1. The maximum atomic E-state index is 14.2. The lowest BCUT2D eigenvalue weighted by Gasteiger charge is -2.37. The summed E-state index contributed by atoms with van der Waals surface area (Å²) in [7, 11) is -0.409. The predicted octanol–water partition coefficient (Wildman–Crippen LogP) is 3.85. The molecule has 0 aromatic heterocycles. The Labute approximate surface area is 223 Å². The van der Waals surface area contributed by atoms with Gasteiger partial charge in [0, 0.05) is 33.2 Å². The van der Waals surface area contributed by atoms with Crippen molar-refractivity contribution in [2.45, 2.75) is 17.9 Å². The molecule has 38 heavy (non-hydrogen) atoms. The quantitative estimate of drug-likeness (QED) is 0.429. The zero-order valence-corrected chi connectivity index (χ0v) is 22.3. The monoisotopic (exact) mass is 541 g/mol. The van der Waals surface area contributed by atoms with E-state index in [1.54, 1.807) is 43.5 Å². The van der Waals surface area contributed by atoms with Gasteiger partial charge in [-0.3, -0.25) is 4.84 Å². The SMILES string of the molecule is COc1cc([C@H]2[C@@H](S(=O)(=O)N3CCN(c4ccccc4F)CC3)CON2C)ccc1OCc1ccccc1. The van der Waals surface area contributed by atoms with Crippen molar-refractivity contribution in [3.05, 3.63) is 89.7 Å². The summed E-state index contributed by atoms with van der Waals surface area (Å²) < 4.78 is 54.9. The van der Waals surface area contributed by atoms with Crippen LogP contribution in [0.15, 0.2) is 72.8 Å². The maximum Gasteiger partial charge on any atom is 0.221 e. The lowest BCUT2D eigenvalue weighted by Crippen LogP contribution is -2.52. The molecule has 0 N–H and O–H groups in total. The number of ether oxygens (including phenoxy) is 2. The molecule has 202 valence electrons. The standard InChI is InChI=1S/C28H32FN3O5S/c1-30-28(22-12-13-25(26(18-22)35-2)36-19-21-8-4-3-5-9-21)27(20-37-30)38(33,34)32-16-14-31(15-17-32)24-11-7-6-10-23(24)29/h3-13,18,27-28H,14-17,19-20H2,1-2H3/t27-,28-/m0/s1. The zero-order valence-electron chi connectivity index (χ0n) is 21.5. The highest BCUT2D eigenvalue weighted by Crippen LogP contribution is 2.39. The second-order valence-electron chi connectivity index (χ2n) is 9.39. The first-order valence-electron chi connectivity index (χ1n) is 12.6. The average Bonchev–Trinajstić information content (AvgIpc) is 3.35. The van der Waals surface area contributed by atoms with Gasteiger partial charge in [-0.1, -0.05) is 48.5 Å². The van der Waals surface area contributed by atoms with Crippen molar-refractivity contribution in [2.75, 3.05) is 51.8 Å². The third-order valence-corrected chi connectivity index (χ3v) is 9.37. The summed E-state index contributed by atoms with van der Waals surface area (Å²) in [6, 6.07) is 21.3. The Morgan fingerprint density at radius 3 is 2.37 bits per heavy atom. The number of anilines is 1. The summed E-state index contributed by atoms with van der Waals surface area (Å²) in [4.78, 5) is 7.60. The lowest BCUT2D eigenvalue weighted by atomic mass is 10.0. The Kier molecular flexibility index (Phi) is 7.85. The molecule has 10 heteroatoms. The maximum absolute atomic E-state index is 14.2. The second kappa shape index (κ2) is 11.3. The molecule has 0 spiro atoms. The van der Waals surface area contributed by atoms with Crippen LogP contribution in [0.2, 0.25) is 0 Å². The molecule has 2 fully saturated rings. The van der Waals surface area contributed by atoms with Crippen LogP contribution in [-0.2, 0) is 21.5 Å². The second-order valence-corrected chi connectivity index (χ2v) is 11.5. The van der Waals surface area contributed by atoms with Crippen molar-refractivity contribution in [3.8, 4) is 11.5 Å². The number of halogens is 1. The van der Waals surface area contributed by atoms with Gasteiger partial charge in [0.15, 0.2) is 11.5 Å². The van der Waals surface area contributed by atoms with Gasteiger partial charge < -0.3 is 14.4 Å². The normalized spacial score (nSPS) is 21.0. The van der Waals surface area contributed by atoms with Crippen molar-refractivity contribution < 1.29 is 27.1 Å². The number of para-hydroxylation sites is 1. The van der Waals surface area contributed by atoms with Crippen molar-refractivity contribution in [1.82, 2.24) is 9.37 Å². The molecule has 2 saturated heterocycles. The van der Waals surface area contributed by atoms with E-state index in [0.29, 0.717) is 36.9 Å². The van der Waals surface area contributed by atoms with Crippen LogP contribution >= 0.6 is 0 Å². The van der Waals surface area contributed by atoms with Crippen molar-refractivity contribution >= 4 is 15.7 Å². The Morgan fingerprint density at radius 2 is 1.66 bits per heavy atom. The van der Waals surface area contributed by atoms with Gasteiger partial charge in [0.2, 0.25) is 10.0 Å². The molecule has 0 saturated carbocycles. The zero-order chi connectivity index (χ0) is 26.7. The van der Waals surface area contributed by atoms with Crippen LogP contribution in [0.25, 0.3) is 0 Å². The van der Waals surface area contributed by atoms with E-state index < -0.39 is 21.3 Å². The van der Waals surface area contributed by atoms with Crippen molar-refractivity contribution in [1.29, 1.82) is 0 Å². The molecular formula is C28H32FN3O5S. The molecular weight excluding hydrogens is 509 g/mol. The van der Waals surface area contributed by atoms with Crippen LogP contribution in [0, 0.1) is 5.82 Å². The summed E-state index contributed by atoms with van der Waals surface area (Å²) >= 11 is 0. The third kappa shape index (κ3) is 5.35. The Balaban J connectivity index is 1.31. The molecule has 5 rings (SSSR count). The fourth-order valence-electron chi connectivity index (χ4n) is 5.08. The smallest absolute Gasteiger partial charge is 0.221 e. The Hall–Kier alpha value is -3.18. The van der Waals surface area contributed by atoms with Crippen LogP contribution in [0.3, 0.4) is 0 Å². The first-order valence-corrected chi connectivity index (χ1v) is 14.1. The molecule has 0 amide bonds. The number of hydrogen-bond donors (Lipinski definition) is 0. The van der Waals surface area contributed by atoms with Gasteiger partial charge >= 0.3 is 0 Å². The minimum absolute atomic E-state index is 0.0472. The first kappa shape index (κ1) is 26.4. The van der Waals surface area contributed by atoms with Crippen molar-refractivity contribution in [2.24, 2.45) is 0 Å². The van der Waals surface area contributed by atoms with E-state index in [4.69, 9.17) is 14.3 Å². The van der Waals surface area contributed by atoms with Gasteiger partial charge in [-0.25, -0.2) is 12.8 Å². The minimum atomic E-state index is -3.71. The fourth-order valence-corrected chi connectivity index (χ4v) is 7.02. The largest absolute Gasteiger partial charge is 0.493 e. The Morgan fingerprint density at radius 1 is 0.947 bits per heavy atom. The van der Waals surface area contributed by atoms with Gasteiger partial charge in [-0.2, -0.15) is 9.37 Å². The van der Waals surface area contributed by atoms with Crippen LogP contribution in [0.5, 0.6) is 11.5 Å². The van der Waals surface area contributed by atoms with Gasteiger partial charge in [0.1, 0.15) is 17.7 Å². The molecule has 0 bridgehead atoms. The van der Waals surface area contributed by atoms with Gasteiger partial charge in [-0.05, 0) is 35.4 Å². The van der Waals surface area contributed by atoms with Crippen LogP contribution < -0.4 is 14.4 Å². The number of piperazine rings is 1. The molecule has 2 aliphatic heterocycles. The lowest BCUT2D eigenvalue weighted by molar-refractivity contribution is -0.110. The van der Waals surface area contributed by atoms with Gasteiger partial charge in [-0.15, -0.1) is 0 Å². The first-order chi connectivity index (χ1) is 18.4. The van der Waals surface area contributed by atoms with E-state index in [9.17, 15) is 12.8 Å². The topological polar surface area (TPSA) is 71.6 Å². The summed E-state index contributed by atoms with van der Waals surface area (Å²) in [5.74, 6) is 0.790. The van der Waals surface area contributed by atoms with E-state index in [-0.39, 0.29) is 25.5 Å². The highest BCUT2D eigenvalue weighted by atomic mass is 32.2. The number of benzene rings is 3. The third-order valence-electron chi connectivity index (χ3n) is 7.13. The number of rotatable bonds is 8. The summed E-state index contributed by atoms with van der Waals surface area (Å²) in [6.07, 6.45) is 0. The molecule has 3 aromatic rings.